The first-order valence-corrected chi connectivity index (χ1v) is 7.56. The van der Waals surface area contributed by atoms with Gasteiger partial charge in [0.25, 0.3) is 5.91 Å². The molecular weight excluding hydrogens is 254 g/mol. The van der Waals surface area contributed by atoms with Crippen molar-refractivity contribution in [3.63, 3.8) is 0 Å². The molecule has 3 N–H and O–H groups in total. The molecule has 112 valence electrons. The SMILES string of the molecule is CCC(O)CCNC(=O)c1cccn1C1CCNCC1. The molecule has 0 saturated carbocycles. The third-order valence-electron chi connectivity index (χ3n) is 3.95. The molecule has 1 saturated heterocycles. The summed E-state index contributed by atoms with van der Waals surface area (Å²) in [7, 11) is 0. The zero-order chi connectivity index (χ0) is 14.4. The van der Waals surface area contributed by atoms with Crippen LogP contribution >= 0.6 is 0 Å². The van der Waals surface area contributed by atoms with Gasteiger partial charge in [0.15, 0.2) is 0 Å². The van der Waals surface area contributed by atoms with Crippen LogP contribution < -0.4 is 10.6 Å². The summed E-state index contributed by atoms with van der Waals surface area (Å²) >= 11 is 0. The molecule has 1 unspecified atom stereocenters. The van der Waals surface area contributed by atoms with Crippen LogP contribution in [0.2, 0.25) is 0 Å². The highest BCUT2D eigenvalue weighted by atomic mass is 16.3. The topological polar surface area (TPSA) is 66.3 Å². The molecule has 2 heterocycles. The molecule has 0 bridgehead atoms. The van der Waals surface area contributed by atoms with Gasteiger partial charge < -0.3 is 20.3 Å². The Kier molecular flexibility index (Phi) is 5.61. The van der Waals surface area contributed by atoms with Crippen LogP contribution in [0.15, 0.2) is 18.3 Å². The summed E-state index contributed by atoms with van der Waals surface area (Å²) in [4.78, 5) is 12.2. The summed E-state index contributed by atoms with van der Waals surface area (Å²) in [5.74, 6) is -0.0446. The van der Waals surface area contributed by atoms with Crippen molar-refractivity contribution in [1.82, 2.24) is 15.2 Å². The zero-order valence-electron chi connectivity index (χ0n) is 12.1. The third-order valence-corrected chi connectivity index (χ3v) is 3.95. The molecule has 0 spiro atoms. The quantitative estimate of drug-likeness (QED) is 0.735. The summed E-state index contributed by atoms with van der Waals surface area (Å²) in [5.41, 5.74) is 0.725. The van der Waals surface area contributed by atoms with Gasteiger partial charge in [-0.2, -0.15) is 0 Å². The zero-order valence-corrected chi connectivity index (χ0v) is 12.1. The minimum Gasteiger partial charge on any atom is -0.393 e. The van der Waals surface area contributed by atoms with Gasteiger partial charge in [-0.15, -0.1) is 0 Å². The first-order chi connectivity index (χ1) is 9.72. The lowest BCUT2D eigenvalue weighted by Crippen LogP contribution is -2.33. The van der Waals surface area contributed by atoms with Crippen LogP contribution in [-0.2, 0) is 0 Å². The van der Waals surface area contributed by atoms with Gasteiger partial charge in [-0.3, -0.25) is 4.79 Å². The molecule has 1 aromatic heterocycles. The molecule has 0 radical (unpaired) electrons. The highest BCUT2D eigenvalue weighted by Gasteiger charge is 2.19. The van der Waals surface area contributed by atoms with E-state index in [1.165, 1.54) is 0 Å². The van der Waals surface area contributed by atoms with Crippen molar-refractivity contribution in [3.8, 4) is 0 Å². The molecule has 5 nitrogen and oxygen atoms in total. The second-order valence-corrected chi connectivity index (χ2v) is 5.39. The Labute approximate surface area is 120 Å². The maximum atomic E-state index is 12.2. The molecule has 20 heavy (non-hydrogen) atoms. The molecule has 5 heteroatoms. The van der Waals surface area contributed by atoms with Crippen molar-refractivity contribution in [3.05, 3.63) is 24.0 Å². The third kappa shape index (κ3) is 3.84. The van der Waals surface area contributed by atoms with E-state index in [0.717, 1.165) is 38.0 Å². The summed E-state index contributed by atoms with van der Waals surface area (Å²) in [6.45, 7) is 4.47. The highest BCUT2D eigenvalue weighted by molar-refractivity contribution is 5.92. The van der Waals surface area contributed by atoms with Gasteiger partial charge in [-0.25, -0.2) is 0 Å². The average molecular weight is 279 g/mol. The van der Waals surface area contributed by atoms with Crippen molar-refractivity contribution < 1.29 is 9.90 Å². The van der Waals surface area contributed by atoms with Crippen molar-refractivity contribution in [2.75, 3.05) is 19.6 Å². The molecule has 2 rings (SSSR count). The van der Waals surface area contributed by atoms with Gasteiger partial charge in [0, 0.05) is 18.8 Å². The fraction of sp³-hybridized carbons (Fsp3) is 0.667. The maximum Gasteiger partial charge on any atom is 0.267 e. The number of carbonyl (C=O) groups is 1. The van der Waals surface area contributed by atoms with Crippen LogP contribution in [0.5, 0.6) is 0 Å². The summed E-state index contributed by atoms with van der Waals surface area (Å²) in [6, 6.07) is 4.21. The van der Waals surface area contributed by atoms with E-state index in [4.69, 9.17) is 0 Å². The van der Waals surface area contributed by atoms with Crippen LogP contribution in [0.4, 0.5) is 0 Å². The van der Waals surface area contributed by atoms with E-state index >= 15 is 0 Å². The lowest BCUT2D eigenvalue weighted by Gasteiger charge is -2.26. The first-order valence-electron chi connectivity index (χ1n) is 7.56. The Balaban J connectivity index is 1.91. The highest BCUT2D eigenvalue weighted by Crippen LogP contribution is 2.21. The van der Waals surface area contributed by atoms with E-state index < -0.39 is 0 Å². The number of nitrogens with zero attached hydrogens (tertiary/aromatic N) is 1. The lowest BCUT2D eigenvalue weighted by molar-refractivity contribution is 0.0929. The Hall–Kier alpha value is -1.33. The predicted molar refractivity (Wildman–Crippen MR) is 78.8 cm³/mol. The summed E-state index contributed by atoms with van der Waals surface area (Å²) in [5, 5.41) is 15.7. The first kappa shape index (κ1) is 15.1. The van der Waals surface area contributed by atoms with Gasteiger partial charge >= 0.3 is 0 Å². The second kappa shape index (κ2) is 7.45. The second-order valence-electron chi connectivity index (χ2n) is 5.39. The Morgan fingerprint density at radius 2 is 2.30 bits per heavy atom. The maximum absolute atomic E-state index is 12.2. The average Bonchev–Trinajstić information content (AvgIpc) is 2.97. The van der Waals surface area contributed by atoms with Crippen LogP contribution in [0.1, 0.15) is 49.1 Å². The smallest absolute Gasteiger partial charge is 0.267 e. The monoisotopic (exact) mass is 279 g/mol. The van der Waals surface area contributed by atoms with Crippen molar-refractivity contribution in [1.29, 1.82) is 0 Å². The molecule has 1 aliphatic heterocycles. The van der Waals surface area contributed by atoms with E-state index in [9.17, 15) is 9.90 Å². The van der Waals surface area contributed by atoms with Crippen molar-refractivity contribution >= 4 is 5.91 Å². The summed E-state index contributed by atoms with van der Waals surface area (Å²) in [6.07, 6.45) is 5.11. The van der Waals surface area contributed by atoms with Crippen LogP contribution in [0.3, 0.4) is 0 Å². The van der Waals surface area contributed by atoms with Crippen LogP contribution in [0.25, 0.3) is 0 Å². The number of aliphatic hydroxyl groups is 1. The molecular formula is C15H25N3O2. The van der Waals surface area contributed by atoms with E-state index in [0.29, 0.717) is 19.0 Å². The molecule has 1 fully saturated rings. The summed E-state index contributed by atoms with van der Waals surface area (Å²) < 4.78 is 2.09. The lowest BCUT2D eigenvalue weighted by atomic mass is 10.1. The Morgan fingerprint density at radius 3 is 3.00 bits per heavy atom. The minimum absolute atomic E-state index is 0.0446. The van der Waals surface area contributed by atoms with Crippen LogP contribution in [0, 0.1) is 0 Å². The number of carbonyl (C=O) groups excluding carboxylic acids is 1. The number of hydrogen-bond donors (Lipinski definition) is 3. The van der Waals surface area contributed by atoms with Gasteiger partial charge in [0.1, 0.15) is 5.69 Å². The van der Waals surface area contributed by atoms with Gasteiger partial charge in [0.2, 0.25) is 0 Å². The number of amides is 1. The number of piperidine rings is 1. The number of aliphatic hydroxyl groups excluding tert-OH is 1. The molecule has 1 aliphatic rings. The Morgan fingerprint density at radius 1 is 1.55 bits per heavy atom. The van der Waals surface area contributed by atoms with E-state index in [1.54, 1.807) is 0 Å². The predicted octanol–water partition coefficient (Wildman–Crippen LogP) is 1.30. The van der Waals surface area contributed by atoms with E-state index in [1.807, 2.05) is 25.3 Å². The van der Waals surface area contributed by atoms with Crippen LogP contribution in [-0.4, -0.2) is 41.3 Å². The normalized spacial score (nSPS) is 17.9. The van der Waals surface area contributed by atoms with Gasteiger partial charge in [0.05, 0.1) is 6.10 Å². The molecule has 0 aromatic carbocycles. The molecule has 1 aromatic rings. The standard InChI is InChI=1S/C15H25N3O2/c1-2-13(19)7-10-17-15(20)14-4-3-11-18(14)12-5-8-16-9-6-12/h3-4,11-13,16,19H,2,5-10H2,1H3,(H,17,20). The molecule has 1 amide bonds. The number of hydrogen-bond acceptors (Lipinski definition) is 3. The molecule has 1 atom stereocenters. The van der Waals surface area contributed by atoms with Gasteiger partial charge in [-0.1, -0.05) is 6.92 Å². The molecule has 0 aliphatic carbocycles. The number of rotatable bonds is 6. The fourth-order valence-electron chi connectivity index (χ4n) is 2.64. The van der Waals surface area contributed by atoms with E-state index in [2.05, 4.69) is 15.2 Å². The minimum atomic E-state index is -0.327. The number of aromatic nitrogens is 1. The van der Waals surface area contributed by atoms with Crippen molar-refractivity contribution in [2.24, 2.45) is 0 Å². The van der Waals surface area contributed by atoms with Gasteiger partial charge in [-0.05, 0) is 50.9 Å². The number of nitrogens with one attached hydrogen (secondary N) is 2. The Bertz CT molecular complexity index is 425. The fourth-order valence-corrected chi connectivity index (χ4v) is 2.64. The largest absolute Gasteiger partial charge is 0.393 e. The van der Waals surface area contributed by atoms with E-state index in [-0.39, 0.29) is 12.0 Å². The van der Waals surface area contributed by atoms with Crippen molar-refractivity contribution in [2.45, 2.75) is 44.8 Å².